The van der Waals surface area contributed by atoms with Gasteiger partial charge in [0.1, 0.15) is 6.04 Å². The van der Waals surface area contributed by atoms with Gasteiger partial charge < -0.3 is 21.3 Å². The van der Waals surface area contributed by atoms with Crippen LogP contribution in [0.2, 0.25) is 0 Å². The van der Waals surface area contributed by atoms with Crippen LogP contribution in [0.5, 0.6) is 0 Å². The lowest BCUT2D eigenvalue weighted by atomic mass is 10.2. The quantitative estimate of drug-likeness (QED) is 0.412. The molecule has 6 nitrogen and oxygen atoms in total. The summed E-state index contributed by atoms with van der Waals surface area (Å²) >= 11 is 0. The summed E-state index contributed by atoms with van der Waals surface area (Å²) in [6.07, 6.45) is 0.420. The molecule has 0 fully saturated rings. The van der Waals surface area contributed by atoms with Crippen molar-refractivity contribution in [1.82, 2.24) is 5.32 Å². The third-order valence-corrected chi connectivity index (χ3v) is 1.57. The highest BCUT2D eigenvalue weighted by atomic mass is 16.4. The molecule has 0 radical (unpaired) electrons. The predicted molar refractivity (Wildman–Crippen MR) is 44.9 cm³/mol. The molecule has 0 aromatic carbocycles. The minimum absolute atomic E-state index is 0.420. The lowest BCUT2D eigenvalue weighted by Crippen LogP contribution is -2.49. The van der Waals surface area contributed by atoms with Gasteiger partial charge in [0.2, 0.25) is 5.91 Å². The van der Waals surface area contributed by atoms with E-state index in [-0.39, 0.29) is 0 Å². The number of hydrogen-bond donors (Lipinski definition) is 4. The van der Waals surface area contributed by atoms with Crippen molar-refractivity contribution in [2.24, 2.45) is 5.73 Å². The van der Waals surface area contributed by atoms with Gasteiger partial charge in [0.25, 0.3) is 0 Å². The molecule has 0 saturated carbocycles. The van der Waals surface area contributed by atoms with E-state index in [9.17, 15) is 9.59 Å². The number of nitrogens with one attached hydrogen (secondary N) is 1. The summed E-state index contributed by atoms with van der Waals surface area (Å²) in [6, 6.07) is -2.00. The SMILES string of the molecule is CC[C@H](N)C(=O)N[C@H](CO)C(=O)O. The first-order valence-electron chi connectivity index (χ1n) is 3.92. The van der Waals surface area contributed by atoms with Gasteiger partial charge in [-0.15, -0.1) is 0 Å². The number of nitrogens with two attached hydrogens (primary N) is 1. The Hall–Kier alpha value is -1.14. The van der Waals surface area contributed by atoms with Crippen molar-refractivity contribution in [2.75, 3.05) is 6.61 Å². The largest absolute Gasteiger partial charge is 0.480 e. The molecule has 1 amide bonds. The first-order chi connectivity index (χ1) is 6.02. The van der Waals surface area contributed by atoms with Crippen molar-refractivity contribution in [3.8, 4) is 0 Å². The number of aliphatic carboxylic acids is 1. The number of aliphatic hydroxyl groups excluding tert-OH is 1. The molecule has 0 heterocycles. The zero-order chi connectivity index (χ0) is 10.4. The Labute approximate surface area is 75.7 Å². The molecule has 6 heteroatoms. The van der Waals surface area contributed by atoms with E-state index in [1.807, 2.05) is 0 Å². The highest BCUT2D eigenvalue weighted by Crippen LogP contribution is 1.89. The number of aliphatic hydroxyl groups is 1. The van der Waals surface area contributed by atoms with E-state index in [1.165, 1.54) is 0 Å². The standard InChI is InChI=1S/C7H14N2O4/c1-2-4(8)6(11)9-5(3-10)7(12)13/h4-5,10H,2-3,8H2,1H3,(H,9,11)(H,12,13)/t4-,5+/m0/s1. The molecule has 0 aliphatic rings. The van der Waals surface area contributed by atoms with Gasteiger partial charge in [-0.2, -0.15) is 0 Å². The van der Waals surface area contributed by atoms with Crippen molar-refractivity contribution in [1.29, 1.82) is 0 Å². The molecule has 0 aliphatic carbocycles. The lowest BCUT2D eigenvalue weighted by molar-refractivity contribution is -0.143. The zero-order valence-electron chi connectivity index (χ0n) is 7.36. The smallest absolute Gasteiger partial charge is 0.328 e. The number of carbonyl (C=O) groups is 2. The van der Waals surface area contributed by atoms with Gasteiger partial charge >= 0.3 is 5.97 Å². The molecule has 0 rings (SSSR count). The average molecular weight is 190 g/mol. The molecular weight excluding hydrogens is 176 g/mol. The molecule has 0 unspecified atom stereocenters. The van der Waals surface area contributed by atoms with Gasteiger partial charge in [0.15, 0.2) is 0 Å². The summed E-state index contributed by atoms with van der Waals surface area (Å²) < 4.78 is 0. The minimum atomic E-state index is -1.28. The Bertz CT molecular complexity index is 195. The van der Waals surface area contributed by atoms with Crippen molar-refractivity contribution in [2.45, 2.75) is 25.4 Å². The summed E-state index contributed by atoms with van der Waals surface area (Å²) in [6.45, 7) is 1.07. The molecule has 0 spiro atoms. The van der Waals surface area contributed by atoms with Gasteiger partial charge in [0, 0.05) is 0 Å². The second-order valence-corrected chi connectivity index (χ2v) is 2.60. The molecule has 0 saturated heterocycles. The lowest BCUT2D eigenvalue weighted by Gasteiger charge is -2.14. The number of hydrogen-bond acceptors (Lipinski definition) is 4. The fourth-order valence-corrected chi connectivity index (χ4v) is 0.650. The van der Waals surface area contributed by atoms with E-state index in [2.05, 4.69) is 5.32 Å². The van der Waals surface area contributed by atoms with Gasteiger partial charge in [0.05, 0.1) is 12.6 Å². The maximum Gasteiger partial charge on any atom is 0.328 e. The number of carboxylic acid groups (broad SMARTS) is 1. The number of carboxylic acids is 1. The molecule has 13 heavy (non-hydrogen) atoms. The first kappa shape index (κ1) is 11.9. The molecule has 5 N–H and O–H groups in total. The maximum absolute atomic E-state index is 11.0. The molecule has 2 atom stereocenters. The van der Waals surface area contributed by atoms with Crippen molar-refractivity contribution < 1.29 is 19.8 Å². The highest BCUT2D eigenvalue weighted by molar-refractivity contribution is 5.86. The van der Waals surface area contributed by atoms with Crippen LogP contribution in [0.4, 0.5) is 0 Å². The van der Waals surface area contributed by atoms with Crippen LogP contribution < -0.4 is 11.1 Å². The summed E-state index contributed by atoms with van der Waals surface area (Å²) in [7, 11) is 0. The van der Waals surface area contributed by atoms with Gasteiger partial charge in [-0.3, -0.25) is 4.79 Å². The van der Waals surface area contributed by atoms with E-state index in [1.54, 1.807) is 6.92 Å². The maximum atomic E-state index is 11.0. The Balaban J connectivity index is 4.09. The van der Waals surface area contributed by atoms with Crippen LogP contribution >= 0.6 is 0 Å². The van der Waals surface area contributed by atoms with E-state index in [0.29, 0.717) is 6.42 Å². The monoisotopic (exact) mass is 190 g/mol. The summed E-state index contributed by atoms with van der Waals surface area (Å²) in [4.78, 5) is 21.4. The predicted octanol–water partition coefficient (Wildman–Crippen LogP) is -1.71. The van der Waals surface area contributed by atoms with Crippen LogP contribution in [0.1, 0.15) is 13.3 Å². The van der Waals surface area contributed by atoms with Crippen LogP contribution in [-0.2, 0) is 9.59 Å². The minimum Gasteiger partial charge on any atom is -0.480 e. The van der Waals surface area contributed by atoms with E-state index < -0.39 is 30.6 Å². The zero-order valence-corrected chi connectivity index (χ0v) is 7.36. The van der Waals surface area contributed by atoms with Crippen LogP contribution in [0.3, 0.4) is 0 Å². The van der Waals surface area contributed by atoms with Crippen LogP contribution in [0, 0.1) is 0 Å². The van der Waals surface area contributed by atoms with E-state index in [4.69, 9.17) is 15.9 Å². The van der Waals surface area contributed by atoms with Crippen LogP contribution in [0.25, 0.3) is 0 Å². The Morgan fingerprint density at radius 3 is 2.38 bits per heavy atom. The van der Waals surface area contributed by atoms with Gasteiger partial charge in [-0.25, -0.2) is 4.79 Å². The first-order valence-corrected chi connectivity index (χ1v) is 3.92. The topological polar surface area (TPSA) is 113 Å². The van der Waals surface area contributed by atoms with Crippen molar-refractivity contribution in [3.63, 3.8) is 0 Å². The molecule has 0 bridgehead atoms. The molecular formula is C7H14N2O4. The second-order valence-electron chi connectivity index (χ2n) is 2.60. The summed E-state index contributed by atoms with van der Waals surface area (Å²) in [5, 5.41) is 19.1. The van der Waals surface area contributed by atoms with Crippen LogP contribution in [0.15, 0.2) is 0 Å². The fraction of sp³-hybridized carbons (Fsp3) is 0.714. The number of rotatable bonds is 5. The van der Waals surface area contributed by atoms with Gasteiger partial charge in [-0.1, -0.05) is 6.92 Å². The van der Waals surface area contributed by atoms with Crippen molar-refractivity contribution >= 4 is 11.9 Å². The fourth-order valence-electron chi connectivity index (χ4n) is 0.650. The van der Waals surface area contributed by atoms with Crippen molar-refractivity contribution in [3.05, 3.63) is 0 Å². The third kappa shape index (κ3) is 3.86. The third-order valence-electron chi connectivity index (χ3n) is 1.57. The molecule has 0 aromatic heterocycles. The molecule has 76 valence electrons. The van der Waals surface area contributed by atoms with Crippen LogP contribution in [-0.4, -0.2) is 40.8 Å². The Morgan fingerprint density at radius 1 is 1.54 bits per heavy atom. The van der Waals surface area contributed by atoms with E-state index in [0.717, 1.165) is 0 Å². The normalized spacial score (nSPS) is 14.7. The summed E-state index contributed by atoms with van der Waals surface area (Å²) in [5.41, 5.74) is 5.33. The summed E-state index contributed by atoms with van der Waals surface area (Å²) in [5.74, 6) is -1.84. The Kier molecular flexibility index (Phi) is 5.01. The second kappa shape index (κ2) is 5.50. The number of carbonyl (C=O) groups excluding carboxylic acids is 1. The van der Waals surface area contributed by atoms with Gasteiger partial charge in [-0.05, 0) is 6.42 Å². The van der Waals surface area contributed by atoms with E-state index >= 15 is 0 Å². The average Bonchev–Trinajstić information content (AvgIpc) is 2.11. The molecule has 0 aromatic rings. The highest BCUT2D eigenvalue weighted by Gasteiger charge is 2.21. The Morgan fingerprint density at radius 2 is 2.08 bits per heavy atom. The number of amides is 1. The molecule has 0 aliphatic heterocycles.